The number of carbonyl (C=O) groups is 3. The number of carboxylic acid groups (broad SMARTS) is 1. The van der Waals surface area contributed by atoms with Gasteiger partial charge in [0.25, 0.3) is 5.91 Å². The first kappa shape index (κ1) is 17.5. The van der Waals surface area contributed by atoms with E-state index in [1.165, 1.54) is 11.2 Å². The number of nitrogens with zero attached hydrogens (tertiary/aromatic N) is 2. The Balaban J connectivity index is 1.57. The minimum Gasteiger partial charge on any atom is -0.481 e. The van der Waals surface area contributed by atoms with Crippen LogP contribution in [0.5, 0.6) is 0 Å². The largest absolute Gasteiger partial charge is 0.481 e. The van der Waals surface area contributed by atoms with Gasteiger partial charge in [0.1, 0.15) is 23.4 Å². The van der Waals surface area contributed by atoms with Crippen LogP contribution >= 0.6 is 0 Å². The van der Waals surface area contributed by atoms with E-state index in [1.807, 2.05) is 0 Å². The second-order valence-corrected chi connectivity index (χ2v) is 8.38. The summed E-state index contributed by atoms with van der Waals surface area (Å²) in [5, 5.41) is 9.94. The van der Waals surface area contributed by atoms with E-state index in [-0.39, 0.29) is 18.4 Å². The number of hydrogen-bond donors (Lipinski definition) is 1. The van der Waals surface area contributed by atoms with Gasteiger partial charge in [-0.3, -0.25) is 19.3 Å². The number of fused-ring (bicyclic) bond motifs is 4. The van der Waals surface area contributed by atoms with Gasteiger partial charge < -0.3 is 19.2 Å². The number of anilines is 1. The smallest absolute Gasteiger partial charge is 0.310 e. The number of aliphatic carboxylic acids is 1. The third-order valence-electron chi connectivity index (χ3n) is 6.78. The first-order valence-corrected chi connectivity index (χ1v) is 9.76. The van der Waals surface area contributed by atoms with Crippen LogP contribution in [0.2, 0.25) is 0 Å². The van der Waals surface area contributed by atoms with E-state index < -0.39 is 35.2 Å². The number of benzene rings is 1. The first-order chi connectivity index (χ1) is 14.4. The van der Waals surface area contributed by atoms with Crippen LogP contribution in [0.15, 0.2) is 59.2 Å². The average Bonchev–Trinajstić information content (AvgIpc) is 3.45. The molecule has 6 rings (SSSR count). The zero-order valence-corrected chi connectivity index (χ0v) is 16.0. The van der Waals surface area contributed by atoms with Crippen LogP contribution in [0.1, 0.15) is 23.0 Å². The van der Waals surface area contributed by atoms with Gasteiger partial charge in [-0.1, -0.05) is 18.2 Å². The summed E-state index contributed by atoms with van der Waals surface area (Å²) >= 11 is 0. The van der Waals surface area contributed by atoms with Gasteiger partial charge in [-0.25, -0.2) is 0 Å². The average molecular weight is 406 g/mol. The summed E-state index contributed by atoms with van der Waals surface area (Å²) in [5.41, 5.74) is -1.47. The van der Waals surface area contributed by atoms with Crippen molar-refractivity contribution in [1.82, 2.24) is 4.90 Å². The number of rotatable bonds is 3. The highest BCUT2D eigenvalue weighted by molar-refractivity contribution is 6.12. The molecule has 4 aliphatic rings. The van der Waals surface area contributed by atoms with E-state index in [2.05, 4.69) is 0 Å². The molecule has 0 radical (unpaired) electrons. The van der Waals surface area contributed by atoms with Crippen LogP contribution in [-0.4, -0.2) is 45.2 Å². The van der Waals surface area contributed by atoms with Gasteiger partial charge in [-0.15, -0.1) is 0 Å². The molecule has 5 atom stereocenters. The third kappa shape index (κ3) is 1.87. The molecule has 2 fully saturated rings. The van der Waals surface area contributed by atoms with Crippen molar-refractivity contribution in [3.8, 4) is 0 Å². The zero-order valence-electron chi connectivity index (χ0n) is 16.0. The van der Waals surface area contributed by atoms with E-state index in [1.54, 1.807) is 60.4 Å². The molecular formula is C22H18N2O6. The number of amides is 2. The minimum atomic E-state index is -1.23. The molecule has 2 aromatic rings. The van der Waals surface area contributed by atoms with E-state index in [9.17, 15) is 19.5 Å². The highest BCUT2D eigenvalue weighted by Gasteiger charge is 2.77. The fraction of sp³-hybridized carbons (Fsp3) is 0.318. The second kappa shape index (κ2) is 5.40. The van der Waals surface area contributed by atoms with Gasteiger partial charge >= 0.3 is 5.97 Å². The van der Waals surface area contributed by atoms with E-state index in [4.69, 9.17) is 9.15 Å². The third-order valence-corrected chi connectivity index (χ3v) is 6.78. The van der Waals surface area contributed by atoms with Crippen molar-refractivity contribution in [2.45, 2.75) is 30.8 Å². The van der Waals surface area contributed by atoms with E-state index in [0.29, 0.717) is 17.0 Å². The predicted molar refractivity (Wildman–Crippen MR) is 102 cm³/mol. The summed E-state index contributed by atoms with van der Waals surface area (Å²) < 4.78 is 11.8. The minimum absolute atomic E-state index is 0.134. The summed E-state index contributed by atoms with van der Waals surface area (Å²) in [6.45, 7) is 1.82. The van der Waals surface area contributed by atoms with Gasteiger partial charge in [-0.2, -0.15) is 0 Å². The summed E-state index contributed by atoms with van der Waals surface area (Å²) in [6.07, 6.45) is 4.21. The summed E-state index contributed by atoms with van der Waals surface area (Å²) in [7, 11) is 0. The first-order valence-electron chi connectivity index (χ1n) is 9.76. The maximum absolute atomic E-state index is 13.7. The molecule has 0 saturated carbocycles. The lowest BCUT2D eigenvalue weighted by Gasteiger charge is -2.45. The quantitative estimate of drug-likeness (QED) is 0.783. The molecule has 8 heteroatoms. The summed E-state index contributed by atoms with van der Waals surface area (Å²) in [5.74, 6) is -3.08. The molecule has 4 aliphatic heterocycles. The lowest BCUT2D eigenvalue weighted by Crippen LogP contribution is -2.60. The fourth-order valence-electron chi connectivity index (χ4n) is 5.66. The van der Waals surface area contributed by atoms with Crippen molar-refractivity contribution in [2.75, 3.05) is 4.90 Å². The molecule has 2 saturated heterocycles. The molecule has 0 aliphatic carbocycles. The van der Waals surface area contributed by atoms with Crippen LogP contribution in [0, 0.1) is 11.8 Å². The lowest BCUT2D eigenvalue weighted by molar-refractivity contribution is -0.148. The van der Waals surface area contributed by atoms with Crippen LogP contribution in [0.25, 0.3) is 0 Å². The summed E-state index contributed by atoms with van der Waals surface area (Å²) in [6, 6.07) is 10.4. The number of ether oxygens (including phenoxy) is 1. The predicted octanol–water partition coefficient (Wildman–Crippen LogP) is 2.02. The number of carboxylic acids is 1. The Bertz CT molecular complexity index is 1140. The Morgan fingerprint density at radius 1 is 1.17 bits per heavy atom. The number of carbonyl (C=O) groups excluding carboxylic acids is 2. The van der Waals surface area contributed by atoms with Crippen molar-refractivity contribution in [2.24, 2.45) is 11.8 Å². The maximum Gasteiger partial charge on any atom is 0.310 e. The molecule has 1 aromatic carbocycles. The molecule has 2 amide bonds. The lowest BCUT2D eigenvalue weighted by atomic mass is 9.71. The number of furan rings is 1. The van der Waals surface area contributed by atoms with Crippen LogP contribution in [0.3, 0.4) is 0 Å². The van der Waals surface area contributed by atoms with Crippen LogP contribution in [0.4, 0.5) is 5.69 Å². The van der Waals surface area contributed by atoms with Gasteiger partial charge in [0, 0.05) is 0 Å². The van der Waals surface area contributed by atoms with Gasteiger partial charge in [-0.05, 0) is 37.3 Å². The molecule has 5 heterocycles. The molecule has 30 heavy (non-hydrogen) atoms. The Morgan fingerprint density at radius 2 is 1.97 bits per heavy atom. The Labute approximate surface area is 171 Å². The molecule has 8 nitrogen and oxygen atoms in total. The van der Waals surface area contributed by atoms with Crippen molar-refractivity contribution < 1.29 is 28.6 Å². The molecule has 1 aromatic heterocycles. The Kier molecular flexibility index (Phi) is 3.14. The van der Waals surface area contributed by atoms with Gasteiger partial charge in [0.05, 0.1) is 35.6 Å². The maximum atomic E-state index is 13.7. The van der Waals surface area contributed by atoms with Crippen molar-refractivity contribution in [1.29, 1.82) is 0 Å². The molecule has 1 N–H and O–H groups in total. The molecule has 1 spiro atoms. The number of hydrogen-bond acceptors (Lipinski definition) is 5. The molecule has 152 valence electrons. The van der Waals surface area contributed by atoms with E-state index >= 15 is 0 Å². The molecular weight excluding hydrogens is 388 g/mol. The van der Waals surface area contributed by atoms with Crippen LogP contribution < -0.4 is 4.90 Å². The second-order valence-electron chi connectivity index (χ2n) is 8.38. The normalized spacial score (nSPS) is 35.6. The highest BCUT2D eigenvalue weighted by Crippen LogP contribution is 2.61. The topological polar surface area (TPSA) is 100 Å². The monoisotopic (exact) mass is 406 g/mol. The van der Waals surface area contributed by atoms with Crippen molar-refractivity contribution in [3.05, 3.63) is 66.1 Å². The van der Waals surface area contributed by atoms with E-state index in [0.717, 1.165) is 0 Å². The van der Waals surface area contributed by atoms with Crippen molar-refractivity contribution >= 4 is 23.5 Å². The van der Waals surface area contributed by atoms with Gasteiger partial charge in [0.15, 0.2) is 0 Å². The fourth-order valence-corrected chi connectivity index (χ4v) is 5.66. The Morgan fingerprint density at radius 3 is 2.70 bits per heavy atom. The molecule has 0 unspecified atom stereocenters. The number of para-hydroxylation sites is 1. The molecule has 2 bridgehead atoms. The standard InChI is InChI=1S/C22H18N2O6/c1-21-8-9-22(30-21)15(16(21)19(27)28)18(26)24-14-7-3-2-6-13(14)17(25)23(20(22)24)11-12-5-4-10-29-12/h2-10,15-16,20H,11H2,1H3,(H,27,28)/t15-,16+,20+,21+,22-/m1/s1. The Hall–Kier alpha value is -3.39. The summed E-state index contributed by atoms with van der Waals surface area (Å²) in [4.78, 5) is 42.4. The van der Waals surface area contributed by atoms with Crippen LogP contribution in [-0.2, 0) is 20.9 Å². The van der Waals surface area contributed by atoms with Gasteiger partial charge in [0.2, 0.25) is 5.91 Å². The zero-order chi connectivity index (χ0) is 20.8. The van der Waals surface area contributed by atoms with Crippen molar-refractivity contribution in [3.63, 3.8) is 0 Å². The highest BCUT2D eigenvalue weighted by atomic mass is 16.5. The SMILES string of the molecule is C[C@@]12C=C[C@@]3(O1)[C@@H](C(=O)N1c4ccccc4C(=O)N(Cc4ccco4)[C@@H]13)[C@H]2C(=O)O.